The van der Waals surface area contributed by atoms with Gasteiger partial charge in [0.15, 0.2) is 0 Å². The summed E-state index contributed by atoms with van der Waals surface area (Å²) in [6, 6.07) is 2.34. The van der Waals surface area contributed by atoms with Crippen LogP contribution in [-0.4, -0.2) is 43.5 Å². The van der Waals surface area contributed by atoms with Gasteiger partial charge in [-0.3, -0.25) is 4.79 Å². The first-order valence-corrected chi connectivity index (χ1v) is 7.68. The average molecular weight is 293 g/mol. The van der Waals surface area contributed by atoms with E-state index in [1.807, 2.05) is 11.4 Å². The molecule has 4 nitrogen and oxygen atoms in total. The van der Waals surface area contributed by atoms with Crippen LogP contribution in [0.2, 0.25) is 0 Å². The van der Waals surface area contributed by atoms with Gasteiger partial charge in [0.25, 0.3) is 5.91 Å². The molecule has 1 aromatic heterocycles. The van der Waals surface area contributed by atoms with Crippen LogP contribution in [0.25, 0.3) is 0 Å². The summed E-state index contributed by atoms with van der Waals surface area (Å²) in [5, 5.41) is 4.76. The molecule has 0 unspecified atom stereocenters. The lowest BCUT2D eigenvalue weighted by atomic mass is 10.2. The Labute approximate surface area is 125 Å². The number of rotatable bonds is 6. The monoisotopic (exact) mass is 293 g/mol. The Morgan fingerprint density at radius 3 is 2.95 bits per heavy atom. The van der Waals surface area contributed by atoms with E-state index >= 15 is 0 Å². The van der Waals surface area contributed by atoms with Gasteiger partial charge in [0.05, 0.1) is 17.0 Å². The van der Waals surface area contributed by atoms with E-state index < -0.39 is 0 Å². The number of nitrogens with zero attached hydrogens (tertiary/aromatic N) is 1. The van der Waals surface area contributed by atoms with Crippen LogP contribution >= 0.6 is 11.3 Å². The second-order valence-corrected chi connectivity index (χ2v) is 5.80. The first-order chi connectivity index (χ1) is 9.54. The van der Waals surface area contributed by atoms with Crippen molar-refractivity contribution in [1.29, 1.82) is 0 Å². The average Bonchev–Trinajstić information content (AvgIpc) is 2.89. The standard InChI is InChI=1S/C15H23N3OS/c1-12(2)18(3)9-5-8-17-15(19)13-10-14(20-11-13)6-4-7-16/h10-12H,5,7-9,16H2,1-3H3,(H,17,19). The van der Waals surface area contributed by atoms with Crippen LogP contribution in [0.1, 0.15) is 35.5 Å². The van der Waals surface area contributed by atoms with Crippen LogP contribution < -0.4 is 11.1 Å². The molecule has 0 aliphatic carbocycles. The molecule has 110 valence electrons. The van der Waals surface area contributed by atoms with Gasteiger partial charge in [0, 0.05) is 18.0 Å². The molecule has 0 atom stereocenters. The van der Waals surface area contributed by atoms with Gasteiger partial charge < -0.3 is 16.0 Å². The molecule has 1 rings (SSSR count). The Morgan fingerprint density at radius 2 is 2.30 bits per heavy atom. The third kappa shape index (κ3) is 5.74. The van der Waals surface area contributed by atoms with Crippen LogP contribution in [0.4, 0.5) is 0 Å². The molecule has 0 bridgehead atoms. The molecule has 0 aromatic carbocycles. The predicted octanol–water partition coefficient (Wildman–Crippen LogP) is 1.52. The van der Waals surface area contributed by atoms with E-state index in [4.69, 9.17) is 5.73 Å². The number of amides is 1. The summed E-state index contributed by atoms with van der Waals surface area (Å²) in [5.41, 5.74) is 5.99. The molecule has 0 radical (unpaired) electrons. The third-order valence-corrected chi connectivity index (χ3v) is 3.88. The highest BCUT2D eigenvalue weighted by Gasteiger charge is 2.08. The highest BCUT2D eigenvalue weighted by Crippen LogP contribution is 2.13. The van der Waals surface area contributed by atoms with E-state index in [1.54, 1.807) is 0 Å². The second-order valence-electron chi connectivity index (χ2n) is 4.89. The summed E-state index contributed by atoms with van der Waals surface area (Å²) >= 11 is 1.47. The lowest BCUT2D eigenvalue weighted by Gasteiger charge is -2.20. The van der Waals surface area contributed by atoms with Gasteiger partial charge in [-0.25, -0.2) is 0 Å². The Kier molecular flexibility index (Phi) is 7.31. The van der Waals surface area contributed by atoms with Crippen molar-refractivity contribution >= 4 is 17.2 Å². The Morgan fingerprint density at radius 1 is 1.55 bits per heavy atom. The molecule has 0 aliphatic rings. The van der Waals surface area contributed by atoms with Gasteiger partial charge in [-0.1, -0.05) is 11.8 Å². The van der Waals surface area contributed by atoms with Gasteiger partial charge in [0.2, 0.25) is 0 Å². The molecule has 5 heteroatoms. The van der Waals surface area contributed by atoms with E-state index in [0.717, 1.165) is 17.8 Å². The van der Waals surface area contributed by atoms with E-state index in [1.165, 1.54) is 11.3 Å². The largest absolute Gasteiger partial charge is 0.352 e. The number of carbonyl (C=O) groups excluding carboxylic acids is 1. The lowest BCUT2D eigenvalue weighted by Crippen LogP contribution is -2.31. The third-order valence-electron chi connectivity index (χ3n) is 3.03. The van der Waals surface area contributed by atoms with Crippen LogP contribution in [0.3, 0.4) is 0 Å². The van der Waals surface area contributed by atoms with Gasteiger partial charge in [-0.2, -0.15) is 0 Å². The summed E-state index contributed by atoms with van der Waals surface area (Å²) in [7, 11) is 2.09. The van der Waals surface area contributed by atoms with E-state index in [-0.39, 0.29) is 5.91 Å². The minimum atomic E-state index is -0.0331. The van der Waals surface area contributed by atoms with Crippen molar-refractivity contribution in [2.24, 2.45) is 5.73 Å². The van der Waals surface area contributed by atoms with E-state index in [2.05, 4.69) is 43.0 Å². The first-order valence-electron chi connectivity index (χ1n) is 6.80. The van der Waals surface area contributed by atoms with Gasteiger partial charge >= 0.3 is 0 Å². The quantitative estimate of drug-likeness (QED) is 0.617. The topological polar surface area (TPSA) is 58.4 Å². The molecule has 1 aromatic rings. The zero-order chi connectivity index (χ0) is 15.0. The van der Waals surface area contributed by atoms with Crippen molar-refractivity contribution < 1.29 is 4.79 Å². The molecule has 0 saturated heterocycles. The minimum Gasteiger partial charge on any atom is -0.352 e. The Hall–Kier alpha value is -1.35. The van der Waals surface area contributed by atoms with Crippen LogP contribution in [0.15, 0.2) is 11.4 Å². The smallest absolute Gasteiger partial charge is 0.252 e. The number of thiophene rings is 1. The fourth-order valence-electron chi connectivity index (χ4n) is 1.55. The maximum Gasteiger partial charge on any atom is 0.252 e. The van der Waals surface area contributed by atoms with Crippen molar-refractivity contribution in [3.8, 4) is 11.8 Å². The Balaban J connectivity index is 2.34. The molecular weight excluding hydrogens is 270 g/mol. The molecule has 0 aliphatic heterocycles. The van der Waals surface area contributed by atoms with Crippen LogP contribution in [0.5, 0.6) is 0 Å². The van der Waals surface area contributed by atoms with Gasteiger partial charge in [0.1, 0.15) is 0 Å². The molecule has 0 saturated carbocycles. The Bertz CT molecular complexity index is 485. The molecule has 20 heavy (non-hydrogen) atoms. The van der Waals surface area contributed by atoms with Crippen molar-refractivity contribution in [1.82, 2.24) is 10.2 Å². The van der Waals surface area contributed by atoms with Crippen molar-refractivity contribution in [2.75, 3.05) is 26.7 Å². The maximum atomic E-state index is 11.9. The number of hydrogen-bond donors (Lipinski definition) is 2. The predicted molar refractivity (Wildman–Crippen MR) is 85.0 cm³/mol. The summed E-state index contributed by atoms with van der Waals surface area (Å²) in [6.45, 7) is 6.33. The highest BCUT2D eigenvalue weighted by molar-refractivity contribution is 7.10. The van der Waals surface area contributed by atoms with Crippen molar-refractivity contribution in [3.05, 3.63) is 21.9 Å². The number of nitrogens with two attached hydrogens (primary N) is 1. The molecule has 0 fully saturated rings. The van der Waals surface area contributed by atoms with E-state index in [0.29, 0.717) is 24.7 Å². The molecular formula is C15H23N3OS. The zero-order valence-corrected chi connectivity index (χ0v) is 13.2. The summed E-state index contributed by atoms with van der Waals surface area (Å²) in [4.78, 5) is 15.1. The zero-order valence-electron chi connectivity index (χ0n) is 12.4. The number of carbonyl (C=O) groups is 1. The molecule has 3 N–H and O–H groups in total. The highest BCUT2D eigenvalue weighted by atomic mass is 32.1. The molecule has 0 spiro atoms. The number of hydrogen-bond acceptors (Lipinski definition) is 4. The van der Waals surface area contributed by atoms with Gasteiger partial charge in [-0.15, -0.1) is 11.3 Å². The fourth-order valence-corrected chi connectivity index (χ4v) is 2.30. The minimum absolute atomic E-state index is 0.0331. The molecule has 1 heterocycles. The number of nitrogens with one attached hydrogen (secondary N) is 1. The van der Waals surface area contributed by atoms with Crippen LogP contribution in [-0.2, 0) is 0 Å². The van der Waals surface area contributed by atoms with Gasteiger partial charge in [-0.05, 0) is 39.9 Å². The summed E-state index contributed by atoms with van der Waals surface area (Å²) in [6.07, 6.45) is 0.949. The van der Waals surface area contributed by atoms with Crippen molar-refractivity contribution in [2.45, 2.75) is 26.3 Å². The summed E-state index contributed by atoms with van der Waals surface area (Å²) < 4.78 is 0. The first kappa shape index (κ1) is 16.7. The van der Waals surface area contributed by atoms with E-state index in [9.17, 15) is 4.79 Å². The lowest BCUT2D eigenvalue weighted by molar-refractivity contribution is 0.0952. The normalized spacial score (nSPS) is 10.5. The van der Waals surface area contributed by atoms with Crippen molar-refractivity contribution in [3.63, 3.8) is 0 Å². The van der Waals surface area contributed by atoms with Crippen LogP contribution in [0, 0.1) is 11.8 Å². The summed E-state index contributed by atoms with van der Waals surface area (Å²) in [5.74, 6) is 5.68. The fraction of sp³-hybridized carbons (Fsp3) is 0.533. The molecule has 1 amide bonds. The second kappa shape index (κ2) is 8.75. The SMILES string of the molecule is CC(C)N(C)CCCNC(=O)c1csc(C#CCN)c1. The maximum absolute atomic E-state index is 11.9.